The molecule has 0 fully saturated rings. The van der Waals surface area contributed by atoms with Crippen LogP contribution in [0.5, 0.6) is 0 Å². The van der Waals surface area contributed by atoms with Crippen molar-refractivity contribution in [2.24, 2.45) is 0 Å². The predicted molar refractivity (Wildman–Crippen MR) is 144 cm³/mol. The molecule has 8 nitrogen and oxygen atoms in total. The number of benzene rings is 3. The van der Waals surface area contributed by atoms with Gasteiger partial charge in [-0.2, -0.15) is 0 Å². The van der Waals surface area contributed by atoms with E-state index in [4.69, 9.17) is 0 Å². The molecule has 2 amide bonds. The minimum absolute atomic E-state index is 0.220. The van der Waals surface area contributed by atoms with Crippen molar-refractivity contribution in [3.63, 3.8) is 0 Å². The number of carbonyl (C=O) groups excluding carboxylic acids is 2. The normalized spacial score (nSPS) is 12.9. The number of hydrogen-bond donors (Lipinski definition) is 1. The molecule has 37 heavy (non-hydrogen) atoms. The van der Waals surface area contributed by atoms with Gasteiger partial charge in [0, 0.05) is 51.8 Å². The molecule has 0 bridgehead atoms. The Morgan fingerprint density at radius 3 is 2.24 bits per heavy atom. The van der Waals surface area contributed by atoms with Crippen LogP contribution < -0.4 is 5.32 Å². The summed E-state index contributed by atoms with van der Waals surface area (Å²) in [5.41, 5.74) is 4.63. The van der Waals surface area contributed by atoms with Crippen LogP contribution in [0.4, 0.5) is 5.69 Å². The first-order valence-electron chi connectivity index (χ1n) is 12.9. The van der Waals surface area contributed by atoms with E-state index in [-0.39, 0.29) is 11.8 Å². The van der Waals surface area contributed by atoms with Crippen molar-refractivity contribution in [2.75, 3.05) is 18.4 Å². The van der Waals surface area contributed by atoms with Crippen molar-refractivity contribution in [3.8, 4) is 22.5 Å². The summed E-state index contributed by atoms with van der Waals surface area (Å²) in [7, 11) is 0. The summed E-state index contributed by atoms with van der Waals surface area (Å²) >= 11 is 0. The number of aromatic nitrogens is 4. The molecule has 8 heteroatoms. The molecule has 0 radical (unpaired) electrons. The van der Waals surface area contributed by atoms with Crippen molar-refractivity contribution in [2.45, 2.75) is 46.5 Å². The molecular formula is C29H30N6O2. The van der Waals surface area contributed by atoms with E-state index in [1.807, 2.05) is 48.5 Å². The van der Waals surface area contributed by atoms with Crippen LogP contribution in [0.25, 0.3) is 33.3 Å². The topological polar surface area (TPSA) is 101 Å². The molecule has 3 aromatic carbocycles. The zero-order valence-corrected chi connectivity index (χ0v) is 21.4. The highest BCUT2D eigenvalue weighted by atomic mass is 16.2. The molecule has 5 rings (SSSR count). The van der Waals surface area contributed by atoms with Crippen LogP contribution >= 0.6 is 0 Å². The highest BCUT2D eigenvalue weighted by Crippen LogP contribution is 2.41. The van der Waals surface area contributed by atoms with E-state index in [2.05, 4.69) is 39.6 Å². The molecule has 4 aromatic rings. The third-order valence-electron chi connectivity index (χ3n) is 6.69. The van der Waals surface area contributed by atoms with E-state index in [0.29, 0.717) is 29.3 Å². The van der Waals surface area contributed by atoms with Crippen molar-refractivity contribution in [1.82, 2.24) is 25.3 Å². The number of aryl methyl sites for hydroxylation is 1. The lowest BCUT2D eigenvalue weighted by molar-refractivity contribution is 0.0608. The number of rotatable bonds is 9. The standard InChI is InChI=1S/C29H30N6O2/c1-4-6-14-30-26-21-12-9-13-22-25(21)24(29(37)35(28(22)36)15-7-5-2)17-23(26)19-10-8-11-20(16-19)27-33-31-18(3)32-34-27/h8-13,16-17,30H,4-7,14-15H2,1-3H3. The zero-order chi connectivity index (χ0) is 25.9. The Morgan fingerprint density at radius 1 is 0.784 bits per heavy atom. The maximum atomic E-state index is 13.6. The van der Waals surface area contributed by atoms with Crippen molar-refractivity contribution in [3.05, 3.63) is 65.5 Å². The Morgan fingerprint density at radius 2 is 1.49 bits per heavy atom. The summed E-state index contributed by atoms with van der Waals surface area (Å²) in [6.45, 7) is 7.14. The number of nitrogens with one attached hydrogen (secondary N) is 1. The van der Waals surface area contributed by atoms with Gasteiger partial charge in [-0.25, -0.2) is 0 Å². The second-order valence-electron chi connectivity index (χ2n) is 9.32. The summed E-state index contributed by atoms with van der Waals surface area (Å²) in [5, 5.41) is 21.7. The van der Waals surface area contributed by atoms with Gasteiger partial charge in [0.15, 0.2) is 5.82 Å². The number of unbranched alkanes of at least 4 members (excludes halogenated alkanes) is 2. The Labute approximate surface area is 216 Å². The molecular weight excluding hydrogens is 464 g/mol. The van der Waals surface area contributed by atoms with E-state index < -0.39 is 0 Å². The smallest absolute Gasteiger partial charge is 0.261 e. The van der Waals surface area contributed by atoms with E-state index in [0.717, 1.165) is 65.4 Å². The Hall–Kier alpha value is -4.20. The highest BCUT2D eigenvalue weighted by Gasteiger charge is 2.34. The molecule has 1 aliphatic rings. The summed E-state index contributed by atoms with van der Waals surface area (Å²) < 4.78 is 0. The molecule has 2 heterocycles. The SMILES string of the molecule is CCCCNc1c(-c2cccc(-c3nnc(C)nn3)c2)cc2c3c(cccc13)C(=O)N(CCCC)C2=O. The van der Waals surface area contributed by atoms with E-state index >= 15 is 0 Å². The molecule has 0 saturated heterocycles. The monoisotopic (exact) mass is 494 g/mol. The molecule has 0 saturated carbocycles. The van der Waals surface area contributed by atoms with E-state index in [9.17, 15) is 9.59 Å². The molecule has 0 aliphatic carbocycles. The Balaban J connectivity index is 1.71. The summed E-state index contributed by atoms with van der Waals surface area (Å²) in [6, 6.07) is 15.5. The third kappa shape index (κ3) is 4.55. The number of anilines is 1. The fourth-order valence-corrected chi connectivity index (χ4v) is 4.76. The second kappa shape index (κ2) is 10.4. The molecule has 0 atom stereocenters. The van der Waals surface area contributed by atoms with Crippen LogP contribution in [-0.2, 0) is 0 Å². The van der Waals surface area contributed by atoms with Crippen molar-refractivity contribution in [1.29, 1.82) is 0 Å². The summed E-state index contributed by atoms with van der Waals surface area (Å²) in [6.07, 6.45) is 3.72. The molecule has 1 aromatic heterocycles. The van der Waals surface area contributed by atoms with Gasteiger partial charge in [-0.1, -0.05) is 57.0 Å². The van der Waals surface area contributed by atoms with E-state index in [1.54, 1.807) is 6.92 Å². The zero-order valence-electron chi connectivity index (χ0n) is 21.4. The van der Waals surface area contributed by atoms with Gasteiger partial charge in [0.2, 0.25) is 5.82 Å². The number of amides is 2. The molecule has 1 N–H and O–H groups in total. The average molecular weight is 495 g/mol. The molecule has 0 spiro atoms. The lowest BCUT2D eigenvalue weighted by Crippen LogP contribution is -2.41. The lowest BCUT2D eigenvalue weighted by Gasteiger charge is -2.29. The first kappa shape index (κ1) is 24.5. The van der Waals surface area contributed by atoms with Crippen LogP contribution in [-0.4, -0.2) is 50.2 Å². The largest absolute Gasteiger partial charge is 0.384 e. The van der Waals surface area contributed by atoms with Gasteiger partial charge in [-0.3, -0.25) is 14.5 Å². The number of hydrogen-bond acceptors (Lipinski definition) is 7. The third-order valence-corrected chi connectivity index (χ3v) is 6.69. The van der Waals surface area contributed by atoms with Crippen LogP contribution in [0, 0.1) is 6.92 Å². The van der Waals surface area contributed by atoms with Crippen molar-refractivity contribution >= 4 is 28.3 Å². The number of imide groups is 1. The van der Waals surface area contributed by atoms with Gasteiger partial charge in [0.25, 0.3) is 11.8 Å². The fraction of sp³-hybridized carbons (Fsp3) is 0.310. The minimum Gasteiger partial charge on any atom is -0.384 e. The highest BCUT2D eigenvalue weighted by molar-refractivity contribution is 6.28. The number of nitrogens with zero attached hydrogens (tertiary/aromatic N) is 5. The van der Waals surface area contributed by atoms with Crippen LogP contribution in [0.3, 0.4) is 0 Å². The first-order valence-corrected chi connectivity index (χ1v) is 12.9. The van der Waals surface area contributed by atoms with Gasteiger partial charge in [0.05, 0.1) is 0 Å². The Bertz CT molecular complexity index is 1480. The van der Waals surface area contributed by atoms with Gasteiger partial charge in [0.1, 0.15) is 0 Å². The maximum Gasteiger partial charge on any atom is 0.261 e. The summed E-state index contributed by atoms with van der Waals surface area (Å²) in [4.78, 5) is 28.4. The van der Waals surface area contributed by atoms with Gasteiger partial charge >= 0.3 is 0 Å². The van der Waals surface area contributed by atoms with Gasteiger partial charge in [-0.05, 0) is 43.5 Å². The van der Waals surface area contributed by atoms with Gasteiger partial charge < -0.3 is 5.32 Å². The van der Waals surface area contributed by atoms with Crippen molar-refractivity contribution < 1.29 is 9.59 Å². The second-order valence-corrected chi connectivity index (χ2v) is 9.32. The molecule has 188 valence electrons. The van der Waals surface area contributed by atoms with Crippen LogP contribution in [0.2, 0.25) is 0 Å². The summed E-state index contributed by atoms with van der Waals surface area (Å²) in [5.74, 6) is 0.481. The number of carbonyl (C=O) groups is 2. The quantitative estimate of drug-likeness (QED) is 0.236. The molecule has 1 aliphatic heterocycles. The molecule has 0 unspecified atom stereocenters. The first-order chi connectivity index (χ1) is 18.0. The van der Waals surface area contributed by atoms with E-state index in [1.165, 1.54) is 4.90 Å². The van der Waals surface area contributed by atoms with Crippen LogP contribution in [0.1, 0.15) is 66.1 Å². The average Bonchev–Trinajstić information content (AvgIpc) is 2.92. The predicted octanol–water partition coefficient (Wildman–Crippen LogP) is 5.67. The van der Waals surface area contributed by atoms with Crippen LogP contribution in [0.15, 0.2) is 48.5 Å². The Kier molecular flexibility index (Phi) is 6.90. The lowest BCUT2D eigenvalue weighted by atomic mass is 9.88. The maximum absolute atomic E-state index is 13.6. The fourth-order valence-electron chi connectivity index (χ4n) is 4.76. The minimum atomic E-state index is -0.241. The van der Waals surface area contributed by atoms with Gasteiger partial charge in [-0.15, -0.1) is 20.4 Å².